The van der Waals surface area contributed by atoms with Gasteiger partial charge >= 0.3 is 0 Å². The fraction of sp³-hybridized carbons (Fsp3) is 0.417. The minimum Gasteiger partial charge on any atom is -0.469 e. The summed E-state index contributed by atoms with van der Waals surface area (Å²) >= 11 is 0. The van der Waals surface area contributed by atoms with Crippen LogP contribution in [0.1, 0.15) is 36.0 Å². The lowest BCUT2D eigenvalue weighted by Crippen LogP contribution is -1.99. The minimum absolute atomic E-state index is 0.298. The van der Waals surface area contributed by atoms with E-state index in [1.54, 1.807) is 6.20 Å². The van der Waals surface area contributed by atoms with Crippen LogP contribution in [-0.2, 0) is 6.61 Å². The molecule has 0 aromatic carbocycles. The number of hydrogen-bond acceptors (Lipinski definition) is 5. The normalized spacial score (nSPS) is 14.9. The number of hydrogen-bond donors (Lipinski definition) is 0. The molecule has 2 aromatic heterocycles. The van der Waals surface area contributed by atoms with Crippen LogP contribution in [-0.4, -0.2) is 15.1 Å². The Morgan fingerprint density at radius 3 is 3.00 bits per heavy atom. The predicted octanol–water partition coefficient (Wildman–Crippen LogP) is 2.23. The molecule has 88 valence electrons. The molecule has 0 radical (unpaired) electrons. The topological polar surface area (TPSA) is 61.0 Å². The van der Waals surface area contributed by atoms with Crippen LogP contribution in [0.3, 0.4) is 0 Å². The highest BCUT2D eigenvalue weighted by molar-refractivity contribution is 5.16. The molecule has 1 aliphatic carbocycles. The first-order chi connectivity index (χ1) is 8.31. The second-order valence-corrected chi connectivity index (χ2v) is 4.29. The summed E-state index contributed by atoms with van der Waals surface area (Å²) in [7, 11) is 0. The van der Waals surface area contributed by atoms with Gasteiger partial charge in [-0.1, -0.05) is 11.2 Å². The van der Waals surface area contributed by atoms with Crippen molar-refractivity contribution >= 4 is 0 Å². The average molecular weight is 231 g/mol. The summed E-state index contributed by atoms with van der Waals surface area (Å²) in [6.07, 6.45) is 4.07. The standard InChI is InChI=1S/C12H13N3O2/c1-8-2-5-11(13-6-8)16-7-10-14-12(17-15-10)9-3-4-9/h2,5-6,9H,3-4,7H2,1H3. The fourth-order valence-corrected chi connectivity index (χ4v) is 1.50. The van der Waals surface area contributed by atoms with E-state index in [0.717, 1.165) is 24.3 Å². The molecule has 1 saturated carbocycles. The number of aromatic nitrogens is 3. The van der Waals surface area contributed by atoms with Crippen LogP contribution in [0.15, 0.2) is 22.9 Å². The van der Waals surface area contributed by atoms with Gasteiger partial charge in [-0.3, -0.25) is 0 Å². The molecular weight excluding hydrogens is 218 g/mol. The Bertz CT molecular complexity index is 503. The smallest absolute Gasteiger partial charge is 0.229 e. The minimum atomic E-state index is 0.298. The highest BCUT2D eigenvalue weighted by atomic mass is 16.5. The number of ether oxygens (including phenoxy) is 1. The summed E-state index contributed by atoms with van der Waals surface area (Å²) in [6, 6.07) is 3.78. The molecule has 0 saturated heterocycles. The van der Waals surface area contributed by atoms with Gasteiger partial charge in [0.15, 0.2) is 6.61 Å². The molecule has 0 amide bonds. The van der Waals surface area contributed by atoms with E-state index >= 15 is 0 Å². The molecule has 5 nitrogen and oxygen atoms in total. The largest absolute Gasteiger partial charge is 0.469 e. The third-order valence-corrected chi connectivity index (χ3v) is 2.64. The Kier molecular flexibility index (Phi) is 2.51. The van der Waals surface area contributed by atoms with Crippen molar-refractivity contribution in [2.45, 2.75) is 32.3 Å². The molecular formula is C12H13N3O2. The van der Waals surface area contributed by atoms with Crippen molar-refractivity contribution in [3.8, 4) is 5.88 Å². The number of rotatable bonds is 4. The van der Waals surface area contributed by atoms with E-state index in [9.17, 15) is 0 Å². The number of pyridine rings is 1. The molecule has 1 aliphatic rings. The molecule has 1 fully saturated rings. The van der Waals surface area contributed by atoms with Crippen molar-refractivity contribution in [1.29, 1.82) is 0 Å². The Morgan fingerprint density at radius 1 is 1.41 bits per heavy atom. The molecule has 2 heterocycles. The van der Waals surface area contributed by atoms with Crippen LogP contribution in [0.4, 0.5) is 0 Å². The second kappa shape index (κ2) is 4.16. The van der Waals surface area contributed by atoms with Gasteiger partial charge in [0.2, 0.25) is 17.6 Å². The molecule has 0 atom stereocenters. The molecule has 0 bridgehead atoms. The van der Waals surface area contributed by atoms with Crippen molar-refractivity contribution in [1.82, 2.24) is 15.1 Å². The van der Waals surface area contributed by atoms with Crippen LogP contribution in [0.2, 0.25) is 0 Å². The first-order valence-corrected chi connectivity index (χ1v) is 5.69. The van der Waals surface area contributed by atoms with Crippen molar-refractivity contribution in [2.75, 3.05) is 0 Å². The number of aryl methyl sites for hydroxylation is 1. The van der Waals surface area contributed by atoms with Crippen molar-refractivity contribution in [3.63, 3.8) is 0 Å². The van der Waals surface area contributed by atoms with E-state index in [1.165, 1.54) is 0 Å². The molecule has 3 rings (SSSR count). The SMILES string of the molecule is Cc1ccc(OCc2noc(C3CC3)n2)nc1. The molecule has 0 unspecified atom stereocenters. The highest BCUT2D eigenvalue weighted by Crippen LogP contribution is 2.38. The van der Waals surface area contributed by atoms with Crippen LogP contribution >= 0.6 is 0 Å². The molecule has 17 heavy (non-hydrogen) atoms. The first kappa shape index (κ1) is 10.3. The third kappa shape index (κ3) is 2.43. The highest BCUT2D eigenvalue weighted by Gasteiger charge is 2.29. The van der Waals surface area contributed by atoms with Crippen molar-refractivity contribution in [3.05, 3.63) is 35.6 Å². The van der Waals surface area contributed by atoms with Crippen molar-refractivity contribution < 1.29 is 9.26 Å². The fourth-order valence-electron chi connectivity index (χ4n) is 1.50. The Balaban J connectivity index is 1.60. The van der Waals surface area contributed by atoms with E-state index < -0.39 is 0 Å². The average Bonchev–Trinajstić information content (AvgIpc) is 3.09. The Hall–Kier alpha value is -1.91. The van der Waals surface area contributed by atoms with E-state index in [1.807, 2.05) is 19.1 Å². The van der Waals surface area contributed by atoms with Gasteiger partial charge in [-0.25, -0.2) is 4.98 Å². The lowest BCUT2D eigenvalue weighted by Gasteiger charge is -2.01. The van der Waals surface area contributed by atoms with Gasteiger partial charge in [-0.15, -0.1) is 0 Å². The lowest BCUT2D eigenvalue weighted by molar-refractivity contribution is 0.275. The van der Waals surface area contributed by atoms with Crippen LogP contribution in [0, 0.1) is 6.92 Å². The lowest BCUT2D eigenvalue weighted by atomic mass is 10.3. The zero-order chi connectivity index (χ0) is 11.7. The summed E-state index contributed by atoms with van der Waals surface area (Å²) in [5, 5.41) is 3.87. The predicted molar refractivity (Wildman–Crippen MR) is 59.6 cm³/mol. The maximum absolute atomic E-state index is 5.46. The van der Waals surface area contributed by atoms with E-state index in [4.69, 9.17) is 9.26 Å². The zero-order valence-corrected chi connectivity index (χ0v) is 9.59. The van der Waals surface area contributed by atoms with Crippen LogP contribution < -0.4 is 4.74 Å². The maximum Gasteiger partial charge on any atom is 0.229 e. The summed E-state index contributed by atoms with van der Waals surface area (Å²) in [4.78, 5) is 8.41. The Morgan fingerprint density at radius 2 is 2.29 bits per heavy atom. The van der Waals surface area contributed by atoms with Crippen molar-refractivity contribution in [2.24, 2.45) is 0 Å². The summed E-state index contributed by atoms with van der Waals surface area (Å²) in [5.74, 6) is 2.37. The van der Waals surface area contributed by atoms with Gasteiger partial charge in [0.25, 0.3) is 0 Å². The molecule has 0 aliphatic heterocycles. The van der Waals surface area contributed by atoms with Gasteiger partial charge in [-0.2, -0.15) is 4.98 Å². The number of nitrogens with zero attached hydrogens (tertiary/aromatic N) is 3. The second-order valence-electron chi connectivity index (χ2n) is 4.29. The maximum atomic E-state index is 5.46. The molecule has 2 aromatic rings. The summed E-state index contributed by atoms with van der Waals surface area (Å²) < 4.78 is 10.6. The van der Waals surface area contributed by atoms with Gasteiger partial charge in [0.1, 0.15) is 0 Å². The van der Waals surface area contributed by atoms with Gasteiger partial charge in [0, 0.05) is 18.2 Å². The van der Waals surface area contributed by atoms with Gasteiger partial charge in [-0.05, 0) is 25.3 Å². The third-order valence-electron chi connectivity index (χ3n) is 2.64. The monoisotopic (exact) mass is 231 g/mol. The zero-order valence-electron chi connectivity index (χ0n) is 9.59. The Labute approximate surface area is 98.8 Å². The van der Waals surface area contributed by atoms with Gasteiger partial charge in [0.05, 0.1) is 0 Å². The summed E-state index contributed by atoms with van der Waals surface area (Å²) in [6.45, 7) is 2.28. The molecule has 0 N–H and O–H groups in total. The quantitative estimate of drug-likeness (QED) is 0.807. The van der Waals surface area contributed by atoms with E-state index in [2.05, 4.69) is 15.1 Å². The van der Waals surface area contributed by atoms with E-state index in [0.29, 0.717) is 24.2 Å². The molecule has 0 spiro atoms. The van der Waals surface area contributed by atoms with Crippen LogP contribution in [0.25, 0.3) is 0 Å². The molecule has 5 heteroatoms. The van der Waals surface area contributed by atoms with E-state index in [-0.39, 0.29) is 0 Å². The van der Waals surface area contributed by atoms with Gasteiger partial charge < -0.3 is 9.26 Å². The first-order valence-electron chi connectivity index (χ1n) is 5.69. The van der Waals surface area contributed by atoms with Crippen LogP contribution in [0.5, 0.6) is 5.88 Å². The summed E-state index contributed by atoms with van der Waals surface area (Å²) in [5.41, 5.74) is 1.10.